The molecule has 0 spiro atoms. The van der Waals surface area contributed by atoms with Gasteiger partial charge in [0.2, 0.25) is 5.91 Å². The number of carbonyl (C=O) groups is 1. The number of amides is 1. The van der Waals surface area contributed by atoms with Crippen LogP contribution in [0, 0.1) is 17.8 Å². The van der Waals surface area contributed by atoms with E-state index in [2.05, 4.69) is 29.6 Å². The topological polar surface area (TPSA) is 38.3 Å². The van der Waals surface area contributed by atoms with E-state index in [1.54, 1.807) is 0 Å². The van der Waals surface area contributed by atoms with Gasteiger partial charge in [-0.15, -0.1) is 0 Å². The molecule has 22 heavy (non-hydrogen) atoms. The van der Waals surface area contributed by atoms with Crippen LogP contribution in [-0.2, 0) is 14.9 Å². The number of hydrogen-bond donors (Lipinski definition) is 1. The summed E-state index contributed by atoms with van der Waals surface area (Å²) in [5.41, 5.74) is 2.80. The third-order valence-electron chi connectivity index (χ3n) is 6.09. The smallest absolute Gasteiger partial charge is 0.250 e. The first-order chi connectivity index (χ1) is 10.7. The molecule has 5 rings (SSSR count). The normalized spacial score (nSPS) is 35.6. The van der Waals surface area contributed by atoms with Crippen molar-refractivity contribution in [3.8, 4) is 0 Å². The van der Waals surface area contributed by atoms with Crippen LogP contribution in [0.15, 0.2) is 24.3 Å². The summed E-state index contributed by atoms with van der Waals surface area (Å²) < 4.78 is 4.85. The van der Waals surface area contributed by atoms with Gasteiger partial charge in [0.15, 0.2) is 0 Å². The predicted octanol–water partition coefficient (Wildman–Crippen LogP) is 3.74. The maximum Gasteiger partial charge on any atom is 0.250 e. The van der Waals surface area contributed by atoms with E-state index in [0.29, 0.717) is 5.41 Å². The third-order valence-corrected chi connectivity index (χ3v) is 6.09. The Labute approximate surface area is 132 Å². The van der Waals surface area contributed by atoms with Gasteiger partial charge < -0.3 is 10.1 Å². The van der Waals surface area contributed by atoms with Gasteiger partial charge in [0.25, 0.3) is 0 Å². The largest absolute Gasteiger partial charge is 0.375 e. The first kappa shape index (κ1) is 14.3. The Morgan fingerprint density at radius 3 is 2.14 bits per heavy atom. The number of nitrogens with one attached hydrogen (secondary N) is 1. The molecule has 3 heteroatoms. The summed E-state index contributed by atoms with van der Waals surface area (Å²) in [6.07, 6.45) is 8.58. The van der Waals surface area contributed by atoms with Crippen LogP contribution in [0.2, 0.25) is 0 Å². The highest BCUT2D eigenvalue weighted by Crippen LogP contribution is 2.60. The first-order valence-electron chi connectivity index (χ1n) is 8.56. The van der Waals surface area contributed by atoms with Gasteiger partial charge in [0.1, 0.15) is 6.61 Å². The second kappa shape index (κ2) is 5.38. The van der Waals surface area contributed by atoms with Crippen LogP contribution in [-0.4, -0.2) is 19.6 Å². The molecular formula is C19H25NO2. The van der Waals surface area contributed by atoms with Crippen LogP contribution in [0.25, 0.3) is 0 Å². The molecule has 4 aliphatic rings. The highest BCUT2D eigenvalue weighted by molar-refractivity contribution is 5.91. The van der Waals surface area contributed by atoms with Crippen molar-refractivity contribution in [2.75, 3.05) is 19.0 Å². The lowest BCUT2D eigenvalue weighted by Crippen LogP contribution is -2.48. The Hall–Kier alpha value is -1.35. The van der Waals surface area contributed by atoms with Crippen LogP contribution >= 0.6 is 0 Å². The Balaban J connectivity index is 1.52. The fraction of sp³-hybridized carbons (Fsp3) is 0.632. The van der Waals surface area contributed by atoms with Crippen molar-refractivity contribution in [1.29, 1.82) is 0 Å². The summed E-state index contributed by atoms with van der Waals surface area (Å²) in [5.74, 6) is 2.80. The third kappa shape index (κ3) is 2.45. The van der Waals surface area contributed by atoms with E-state index < -0.39 is 0 Å². The van der Waals surface area contributed by atoms with Crippen molar-refractivity contribution in [3.63, 3.8) is 0 Å². The minimum absolute atomic E-state index is 0.0925. The van der Waals surface area contributed by atoms with E-state index in [-0.39, 0.29) is 12.5 Å². The zero-order valence-corrected chi connectivity index (χ0v) is 13.3. The van der Waals surface area contributed by atoms with Crippen LogP contribution in [0.5, 0.6) is 0 Å². The van der Waals surface area contributed by atoms with E-state index in [0.717, 1.165) is 23.4 Å². The minimum Gasteiger partial charge on any atom is -0.375 e. The number of ether oxygens (including phenoxy) is 1. The van der Waals surface area contributed by atoms with Gasteiger partial charge in [-0.2, -0.15) is 0 Å². The average Bonchev–Trinajstić information content (AvgIpc) is 2.46. The van der Waals surface area contributed by atoms with E-state index in [4.69, 9.17) is 4.74 Å². The SMILES string of the molecule is COCC(=O)Nc1ccc(C23CC4CC(CC(C4)C2)C3)cc1. The van der Waals surface area contributed by atoms with Gasteiger partial charge in [-0.05, 0) is 79.4 Å². The quantitative estimate of drug-likeness (QED) is 0.919. The molecule has 118 valence electrons. The van der Waals surface area contributed by atoms with Gasteiger partial charge in [0, 0.05) is 12.8 Å². The molecule has 4 aliphatic carbocycles. The predicted molar refractivity (Wildman–Crippen MR) is 86.8 cm³/mol. The molecule has 1 aromatic rings. The number of hydrogen-bond acceptors (Lipinski definition) is 2. The van der Waals surface area contributed by atoms with Crippen molar-refractivity contribution >= 4 is 11.6 Å². The van der Waals surface area contributed by atoms with Crippen LogP contribution in [0.1, 0.15) is 44.1 Å². The van der Waals surface area contributed by atoms with E-state index in [9.17, 15) is 4.79 Å². The summed E-state index contributed by atoms with van der Waals surface area (Å²) >= 11 is 0. The van der Waals surface area contributed by atoms with Gasteiger partial charge in [-0.1, -0.05) is 12.1 Å². The van der Waals surface area contributed by atoms with E-state index >= 15 is 0 Å². The molecule has 1 amide bonds. The Morgan fingerprint density at radius 1 is 1.09 bits per heavy atom. The van der Waals surface area contributed by atoms with Gasteiger partial charge in [-0.25, -0.2) is 0 Å². The molecule has 3 nitrogen and oxygen atoms in total. The average molecular weight is 299 g/mol. The van der Waals surface area contributed by atoms with Crippen molar-refractivity contribution in [2.45, 2.75) is 43.9 Å². The van der Waals surface area contributed by atoms with Crippen molar-refractivity contribution in [3.05, 3.63) is 29.8 Å². The lowest BCUT2D eigenvalue weighted by molar-refractivity contribution is -0.119. The summed E-state index contributed by atoms with van der Waals surface area (Å²) in [6, 6.07) is 8.61. The first-order valence-corrected chi connectivity index (χ1v) is 8.56. The van der Waals surface area contributed by atoms with E-state index in [1.807, 2.05) is 0 Å². The molecule has 4 bridgehead atoms. The Bertz CT molecular complexity index is 528. The van der Waals surface area contributed by atoms with Gasteiger partial charge in [-0.3, -0.25) is 4.79 Å². The lowest BCUT2D eigenvalue weighted by atomic mass is 9.48. The molecule has 0 radical (unpaired) electrons. The minimum atomic E-state index is -0.0925. The highest BCUT2D eigenvalue weighted by atomic mass is 16.5. The summed E-state index contributed by atoms with van der Waals surface area (Å²) in [4.78, 5) is 11.6. The fourth-order valence-electron chi connectivity index (χ4n) is 5.70. The Kier molecular flexibility index (Phi) is 3.48. The second-order valence-electron chi connectivity index (χ2n) is 7.76. The number of carbonyl (C=O) groups excluding carboxylic acids is 1. The number of benzene rings is 1. The maximum atomic E-state index is 11.6. The number of methoxy groups -OCH3 is 1. The summed E-state index contributed by atoms with van der Waals surface area (Å²) in [7, 11) is 1.54. The molecule has 0 atom stereocenters. The molecule has 0 aromatic heterocycles. The standard InChI is InChI=1S/C19H25NO2/c1-22-12-18(21)20-17-4-2-16(3-5-17)19-9-13-6-14(10-19)8-15(7-13)11-19/h2-5,13-15H,6-12H2,1H3,(H,20,21). The van der Waals surface area contributed by atoms with Crippen LogP contribution in [0.3, 0.4) is 0 Å². The summed E-state index contributed by atoms with van der Waals surface area (Å²) in [5, 5.41) is 2.88. The number of anilines is 1. The molecule has 0 saturated heterocycles. The van der Waals surface area contributed by atoms with Crippen LogP contribution in [0.4, 0.5) is 5.69 Å². The molecule has 0 unspecified atom stereocenters. The molecule has 1 N–H and O–H groups in total. The van der Waals surface area contributed by atoms with Crippen LogP contribution < -0.4 is 5.32 Å². The highest BCUT2D eigenvalue weighted by Gasteiger charge is 2.51. The molecule has 1 aromatic carbocycles. The van der Waals surface area contributed by atoms with Crippen molar-refractivity contribution in [1.82, 2.24) is 0 Å². The monoisotopic (exact) mass is 299 g/mol. The molecule has 0 aliphatic heterocycles. The van der Waals surface area contributed by atoms with Gasteiger partial charge >= 0.3 is 0 Å². The lowest BCUT2D eigenvalue weighted by Gasteiger charge is -2.57. The van der Waals surface area contributed by atoms with Crippen molar-refractivity contribution in [2.24, 2.45) is 17.8 Å². The molecule has 0 heterocycles. The maximum absolute atomic E-state index is 11.6. The van der Waals surface area contributed by atoms with Crippen molar-refractivity contribution < 1.29 is 9.53 Å². The Morgan fingerprint density at radius 2 is 1.64 bits per heavy atom. The summed E-state index contributed by atoms with van der Waals surface area (Å²) in [6.45, 7) is 0.108. The number of rotatable bonds is 4. The van der Waals surface area contributed by atoms with Gasteiger partial charge in [0.05, 0.1) is 0 Å². The zero-order chi connectivity index (χ0) is 15.2. The fourth-order valence-corrected chi connectivity index (χ4v) is 5.70. The molecule has 4 saturated carbocycles. The van der Waals surface area contributed by atoms with E-state index in [1.165, 1.54) is 51.2 Å². The second-order valence-corrected chi connectivity index (χ2v) is 7.76. The molecule has 4 fully saturated rings. The molecular weight excluding hydrogens is 274 g/mol. The zero-order valence-electron chi connectivity index (χ0n) is 13.3.